The van der Waals surface area contributed by atoms with E-state index in [4.69, 9.17) is 0 Å². The van der Waals surface area contributed by atoms with Gasteiger partial charge in [-0.2, -0.15) is 0 Å². The predicted octanol–water partition coefficient (Wildman–Crippen LogP) is 14.6. The van der Waals surface area contributed by atoms with Gasteiger partial charge in [-0.3, -0.25) is 0 Å². The van der Waals surface area contributed by atoms with Gasteiger partial charge in [0.25, 0.3) is 0 Å². The van der Waals surface area contributed by atoms with Crippen LogP contribution in [0, 0.1) is 199 Å². The Bertz CT molecular complexity index is 1290. The van der Waals surface area contributed by atoms with E-state index in [2.05, 4.69) is 138 Å². The van der Waals surface area contributed by atoms with E-state index >= 15 is 0 Å². The van der Waals surface area contributed by atoms with E-state index in [1.54, 1.807) is 0 Å². The molecule has 4 heteroatoms. The zero-order valence-corrected chi connectivity index (χ0v) is 45.7. The molecule has 0 spiro atoms. The van der Waals surface area contributed by atoms with Crippen molar-refractivity contribution < 1.29 is 91.0 Å². The molecule has 2 atom stereocenters. The van der Waals surface area contributed by atoms with Crippen LogP contribution in [0.1, 0.15) is 173 Å². The van der Waals surface area contributed by atoms with E-state index in [-0.39, 0.29) is 80.8 Å². The Labute approximate surface area is 437 Å². The number of rotatable bonds is 0. The van der Waals surface area contributed by atoms with Crippen molar-refractivity contribution in [2.75, 3.05) is 0 Å². The smallest absolute Gasteiger partial charge is 0.106 e. The molecule has 2 aromatic rings. The molecule has 8 rings (SSSR count). The SMILES string of the molecule is C[C]1[C](C)[C](C)[C](C)[C]1C.C[C]1[C](C)[C](C)[C](C)[C]1C.C[C]1[C](C)[C](C)[C](C)[C]1C.C[C]1[C](C)[C](C)[C](C)[C]1C.OC1C2=C(c3ccccc31)C(O)c1ccccc12.[Sm].[Sm]. The van der Waals surface area contributed by atoms with Crippen molar-refractivity contribution in [1.82, 2.24) is 0 Å². The quantitative estimate of drug-likeness (QED) is 0.276. The van der Waals surface area contributed by atoms with E-state index in [0.29, 0.717) is 0 Å². The molecule has 6 aliphatic carbocycles. The van der Waals surface area contributed by atoms with Gasteiger partial charge in [0.15, 0.2) is 0 Å². The van der Waals surface area contributed by atoms with Crippen molar-refractivity contribution >= 4 is 11.1 Å². The molecule has 320 valence electrons. The fraction of sp³-hybridized carbons (Fsp3) is 0.393. The van der Waals surface area contributed by atoms with Crippen molar-refractivity contribution in [2.45, 2.75) is 151 Å². The van der Waals surface area contributed by atoms with Crippen LogP contribution in [-0.2, 0) is 0 Å². The van der Waals surface area contributed by atoms with Gasteiger partial charge in [-0.15, -0.1) is 0 Å². The molecule has 0 aromatic heterocycles. The number of hydrogen-bond donors (Lipinski definition) is 2. The molecule has 2 aromatic carbocycles. The minimum absolute atomic E-state index is 0. The maximum atomic E-state index is 10.4. The van der Waals surface area contributed by atoms with Crippen LogP contribution >= 0.6 is 0 Å². The maximum Gasteiger partial charge on any atom is 0.106 e. The van der Waals surface area contributed by atoms with E-state index in [1.807, 2.05) is 48.5 Å². The standard InChI is InChI=1S/C16H12O2.4C10H15.2Sm/c17-15-11-7-3-1-5-9(11)13-14(15)10-6-2-4-8-12(10)16(13)18;4*1-6-7(2)9(4)10(5)8(6)3;;/h1-8,15-18H;4*1-5H3;;. The monoisotopic (exact) mass is 1080 g/mol. The summed E-state index contributed by atoms with van der Waals surface area (Å²) in [5, 5.41) is 20.9. The zero-order chi connectivity index (χ0) is 43.8. The zero-order valence-electron chi connectivity index (χ0n) is 40.5. The van der Waals surface area contributed by atoms with Gasteiger partial charge in [0.1, 0.15) is 12.2 Å². The van der Waals surface area contributed by atoms with Gasteiger partial charge in [-0.1, -0.05) is 187 Å². The molecule has 0 heterocycles. The molecular formula is C56H72O2Sm2. The summed E-state index contributed by atoms with van der Waals surface area (Å²) in [6.07, 6.45) is -1.23. The van der Waals surface area contributed by atoms with Crippen molar-refractivity contribution in [1.29, 1.82) is 0 Å². The summed E-state index contributed by atoms with van der Waals surface area (Å²) in [4.78, 5) is 0. The first kappa shape index (κ1) is 56.9. The summed E-state index contributed by atoms with van der Waals surface area (Å²) in [5.74, 6) is 29.4. The van der Waals surface area contributed by atoms with E-state index < -0.39 is 12.2 Å². The molecule has 4 fully saturated rings. The third-order valence-corrected chi connectivity index (χ3v) is 15.2. The molecule has 2 unspecified atom stereocenters. The first-order valence-electron chi connectivity index (χ1n) is 21.1. The molecule has 0 bridgehead atoms. The Hall–Kier alpha value is 0.775. The minimum Gasteiger partial charge on any atom is -0.384 e. The number of aliphatic hydroxyl groups is 2. The molecular weight excluding hydrogens is 1010 g/mol. The van der Waals surface area contributed by atoms with Gasteiger partial charge >= 0.3 is 0 Å². The van der Waals surface area contributed by atoms with Crippen LogP contribution in [0.4, 0.5) is 0 Å². The van der Waals surface area contributed by atoms with Gasteiger partial charge in [0, 0.05) is 80.8 Å². The normalized spacial score (nSPS) is 26.2. The predicted molar refractivity (Wildman–Crippen MR) is 248 cm³/mol. The second-order valence-electron chi connectivity index (χ2n) is 17.3. The molecule has 2 nitrogen and oxygen atoms in total. The molecule has 2 N–H and O–H groups in total. The van der Waals surface area contributed by atoms with Crippen molar-refractivity contribution in [3.8, 4) is 0 Å². The summed E-state index contributed by atoms with van der Waals surface area (Å²) in [7, 11) is 0. The Kier molecular flexibility index (Phi) is 22.8. The second kappa shape index (κ2) is 24.0. The molecule has 4 saturated carbocycles. The maximum absolute atomic E-state index is 10.4. The first-order valence-corrected chi connectivity index (χ1v) is 21.1. The average Bonchev–Trinajstić information content (AvgIpc) is 3.90. The molecule has 0 aliphatic heterocycles. The average molecular weight is 1080 g/mol. The van der Waals surface area contributed by atoms with Crippen LogP contribution in [0.3, 0.4) is 0 Å². The van der Waals surface area contributed by atoms with Crippen LogP contribution in [0.2, 0.25) is 0 Å². The van der Waals surface area contributed by atoms with Crippen molar-refractivity contribution in [2.24, 2.45) is 0 Å². The summed E-state index contributed by atoms with van der Waals surface area (Å²) in [6, 6.07) is 15.5. The molecule has 20 radical (unpaired) electrons. The van der Waals surface area contributed by atoms with E-state index in [0.717, 1.165) is 33.4 Å². The molecule has 60 heavy (non-hydrogen) atoms. The van der Waals surface area contributed by atoms with Crippen LogP contribution in [0.5, 0.6) is 0 Å². The summed E-state index contributed by atoms with van der Waals surface area (Å²) in [5.41, 5.74) is 5.50. The minimum atomic E-state index is -0.616. The third-order valence-electron chi connectivity index (χ3n) is 15.2. The molecule has 0 amide bonds. The molecule has 6 aliphatic rings. The van der Waals surface area contributed by atoms with E-state index in [1.165, 1.54) is 118 Å². The largest absolute Gasteiger partial charge is 0.384 e. The Morgan fingerprint density at radius 1 is 0.250 bits per heavy atom. The Morgan fingerprint density at radius 3 is 0.533 bits per heavy atom. The van der Waals surface area contributed by atoms with Gasteiger partial charge in [0.2, 0.25) is 0 Å². The van der Waals surface area contributed by atoms with Crippen molar-refractivity contribution in [3.63, 3.8) is 0 Å². The van der Waals surface area contributed by atoms with Gasteiger partial charge < -0.3 is 10.2 Å². The van der Waals surface area contributed by atoms with Gasteiger partial charge in [-0.05, 0) is 152 Å². The molecule has 0 saturated heterocycles. The van der Waals surface area contributed by atoms with Crippen LogP contribution in [0.25, 0.3) is 11.1 Å². The van der Waals surface area contributed by atoms with Crippen molar-refractivity contribution in [3.05, 3.63) is 189 Å². The first-order chi connectivity index (χ1) is 27.0. The van der Waals surface area contributed by atoms with Crippen LogP contribution < -0.4 is 0 Å². The summed E-state index contributed by atoms with van der Waals surface area (Å²) >= 11 is 0. The Balaban J connectivity index is 0.000000264. The second-order valence-corrected chi connectivity index (χ2v) is 17.3. The number of benzene rings is 2. The van der Waals surface area contributed by atoms with Gasteiger partial charge in [0.05, 0.1) is 0 Å². The fourth-order valence-electron chi connectivity index (χ4n) is 8.78. The third kappa shape index (κ3) is 11.5. The fourth-order valence-corrected chi connectivity index (χ4v) is 8.78. The topological polar surface area (TPSA) is 40.5 Å². The van der Waals surface area contributed by atoms with Crippen LogP contribution in [0.15, 0.2) is 48.5 Å². The van der Waals surface area contributed by atoms with Gasteiger partial charge in [-0.25, -0.2) is 0 Å². The number of aliphatic hydroxyl groups excluding tert-OH is 2. The van der Waals surface area contributed by atoms with E-state index in [9.17, 15) is 10.2 Å². The van der Waals surface area contributed by atoms with Crippen LogP contribution in [-0.4, -0.2) is 10.2 Å². The summed E-state index contributed by atoms with van der Waals surface area (Å²) in [6.45, 7) is 44.0. The Morgan fingerprint density at radius 2 is 0.383 bits per heavy atom. The number of hydrogen-bond acceptors (Lipinski definition) is 2. The summed E-state index contributed by atoms with van der Waals surface area (Å²) < 4.78 is 0. The number of fused-ring (bicyclic) bond motifs is 4.